The third-order valence-corrected chi connectivity index (χ3v) is 4.38. The molecule has 0 spiro atoms. The van der Waals surface area contributed by atoms with Crippen molar-refractivity contribution in [1.29, 1.82) is 0 Å². The van der Waals surface area contributed by atoms with Crippen molar-refractivity contribution in [2.24, 2.45) is 0 Å². The molecule has 2 aromatic rings. The van der Waals surface area contributed by atoms with E-state index in [2.05, 4.69) is 21.2 Å². The van der Waals surface area contributed by atoms with Gasteiger partial charge in [0.1, 0.15) is 6.04 Å². The van der Waals surface area contributed by atoms with Crippen molar-refractivity contribution < 1.29 is 9.59 Å². The first kappa shape index (κ1) is 15.7. The van der Waals surface area contributed by atoms with Crippen LogP contribution in [0, 0.1) is 0 Å². The Morgan fingerprint density at radius 3 is 2.39 bits per heavy atom. The Labute approximate surface area is 143 Å². The van der Waals surface area contributed by atoms with Gasteiger partial charge in [-0.2, -0.15) is 0 Å². The zero-order chi connectivity index (χ0) is 16.2. The zero-order valence-electron chi connectivity index (χ0n) is 12.5. The molecular weight excluding hydrogens is 356 g/mol. The molecule has 0 aromatic heterocycles. The lowest BCUT2D eigenvalue weighted by molar-refractivity contribution is -0.144. The highest BCUT2D eigenvalue weighted by molar-refractivity contribution is 9.10. The van der Waals surface area contributed by atoms with Crippen LogP contribution in [0.2, 0.25) is 0 Å². The van der Waals surface area contributed by atoms with Gasteiger partial charge in [-0.3, -0.25) is 9.59 Å². The van der Waals surface area contributed by atoms with Crippen molar-refractivity contribution in [2.45, 2.75) is 19.0 Å². The number of carbonyl (C=O) groups is 2. The summed E-state index contributed by atoms with van der Waals surface area (Å²) < 4.78 is 0.992. The highest BCUT2D eigenvalue weighted by atomic mass is 79.9. The van der Waals surface area contributed by atoms with E-state index in [-0.39, 0.29) is 18.4 Å². The van der Waals surface area contributed by atoms with E-state index < -0.39 is 6.04 Å². The van der Waals surface area contributed by atoms with E-state index >= 15 is 0 Å². The number of halogens is 1. The second kappa shape index (κ2) is 6.96. The summed E-state index contributed by atoms with van der Waals surface area (Å²) in [5, 5.41) is 2.80. The van der Waals surface area contributed by atoms with Crippen LogP contribution in [-0.4, -0.2) is 29.3 Å². The van der Waals surface area contributed by atoms with Crippen LogP contribution >= 0.6 is 15.9 Å². The average Bonchev–Trinajstić information content (AvgIpc) is 2.55. The molecule has 1 atom stereocenters. The Morgan fingerprint density at radius 1 is 1.00 bits per heavy atom. The summed E-state index contributed by atoms with van der Waals surface area (Å²) in [6.45, 7) is 0.578. The molecule has 5 heteroatoms. The molecule has 0 radical (unpaired) electrons. The van der Waals surface area contributed by atoms with Gasteiger partial charge in [0.25, 0.3) is 0 Å². The van der Waals surface area contributed by atoms with Crippen LogP contribution in [0.3, 0.4) is 0 Å². The molecule has 118 valence electrons. The number of hydrogen-bond acceptors (Lipinski definition) is 2. The van der Waals surface area contributed by atoms with Crippen LogP contribution in [0.15, 0.2) is 59.1 Å². The van der Waals surface area contributed by atoms with E-state index in [0.717, 1.165) is 15.6 Å². The lowest BCUT2D eigenvalue weighted by Gasteiger charge is -2.32. The number of carbonyl (C=O) groups excluding carboxylic acids is 2. The molecule has 1 fully saturated rings. The van der Waals surface area contributed by atoms with E-state index in [1.807, 2.05) is 54.6 Å². The summed E-state index contributed by atoms with van der Waals surface area (Å²) in [7, 11) is 0. The van der Waals surface area contributed by atoms with Crippen molar-refractivity contribution in [2.75, 3.05) is 6.54 Å². The summed E-state index contributed by atoms with van der Waals surface area (Å²) in [6, 6.07) is 17.0. The largest absolute Gasteiger partial charge is 0.342 e. The molecule has 0 saturated carbocycles. The van der Waals surface area contributed by atoms with E-state index in [1.165, 1.54) is 0 Å². The molecule has 2 aromatic carbocycles. The third-order valence-electron chi connectivity index (χ3n) is 3.85. The molecule has 1 heterocycles. The molecule has 1 saturated heterocycles. The fourth-order valence-electron chi connectivity index (χ4n) is 2.71. The molecule has 0 aliphatic carbocycles. The Balaban J connectivity index is 1.72. The van der Waals surface area contributed by atoms with Gasteiger partial charge in [0.15, 0.2) is 0 Å². The van der Waals surface area contributed by atoms with Gasteiger partial charge in [-0.1, -0.05) is 58.4 Å². The summed E-state index contributed by atoms with van der Waals surface area (Å²) in [4.78, 5) is 26.2. The highest BCUT2D eigenvalue weighted by Crippen LogP contribution is 2.15. The Kier molecular flexibility index (Phi) is 4.76. The summed E-state index contributed by atoms with van der Waals surface area (Å²) in [6.07, 6.45) is 0.503. The predicted octanol–water partition coefficient (Wildman–Crippen LogP) is 2.52. The van der Waals surface area contributed by atoms with Gasteiger partial charge in [-0.25, -0.2) is 0 Å². The molecule has 1 aliphatic heterocycles. The van der Waals surface area contributed by atoms with Gasteiger partial charge in [-0.15, -0.1) is 0 Å². The fourth-order valence-corrected chi connectivity index (χ4v) is 2.97. The van der Waals surface area contributed by atoms with Crippen LogP contribution in [0.5, 0.6) is 0 Å². The molecule has 1 N–H and O–H groups in total. The number of rotatable bonds is 4. The molecule has 3 rings (SSSR count). The topological polar surface area (TPSA) is 49.4 Å². The summed E-state index contributed by atoms with van der Waals surface area (Å²) in [5.74, 6) is -0.140. The van der Waals surface area contributed by atoms with Crippen molar-refractivity contribution in [3.05, 3.63) is 70.2 Å². The number of piperazine rings is 1. The maximum absolute atomic E-state index is 12.6. The van der Waals surface area contributed by atoms with Gasteiger partial charge < -0.3 is 10.2 Å². The third kappa shape index (κ3) is 3.99. The minimum Gasteiger partial charge on any atom is -0.342 e. The summed E-state index contributed by atoms with van der Waals surface area (Å²) >= 11 is 3.39. The minimum absolute atomic E-state index is 0.0311. The minimum atomic E-state index is -0.499. The lowest BCUT2D eigenvalue weighted by Crippen LogP contribution is -2.58. The van der Waals surface area contributed by atoms with Crippen LogP contribution in [0.25, 0.3) is 0 Å². The van der Waals surface area contributed by atoms with Crippen molar-refractivity contribution >= 4 is 27.7 Å². The van der Waals surface area contributed by atoms with Crippen LogP contribution in [-0.2, 0) is 22.6 Å². The van der Waals surface area contributed by atoms with Gasteiger partial charge in [-0.05, 0) is 23.3 Å². The highest BCUT2D eigenvalue weighted by Gasteiger charge is 2.32. The maximum Gasteiger partial charge on any atom is 0.246 e. The van der Waals surface area contributed by atoms with Gasteiger partial charge in [0, 0.05) is 17.4 Å². The van der Waals surface area contributed by atoms with Gasteiger partial charge in [0.05, 0.1) is 6.54 Å². The molecule has 23 heavy (non-hydrogen) atoms. The zero-order valence-corrected chi connectivity index (χ0v) is 14.1. The quantitative estimate of drug-likeness (QED) is 0.896. The van der Waals surface area contributed by atoms with Crippen LogP contribution in [0.4, 0.5) is 0 Å². The standard InChI is InChI=1S/C18H17BrN2O2/c19-15-8-6-13(7-9-15)10-16-18(23)21(12-17(22)20-16)11-14-4-2-1-3-5-14/h1-9,16H,10-12H2,(H,20,22)/t16-/m1/s1. The van der Waals surface area contributed by atoms with Gasteiger partial charge in [0.2, 0.25) is 11.8 Å². The van der Waals surface area contributed by atoms with Crippen molar-refractivity contribution in [1.82, 2.24) is 10.2 Å². The first-order valence-corrected chi connectivity index (χ1v) is 8.27. The Bertz CT molecular complexity index is 701. The van der Waals surface area contributed by atoms with E-state index in [9.17, 15) is 9.59 Å². The number of amides is 2. The SMILES string of the molecule is O=C1CN(Cc2ccccc2)C(=O)[C@@H](Cc2ccc(Br)cc2)N1. The fraction of sp³-hybridized carbons (Fsp3) is 0.222. The maximum atomic E-state index is 12.6. The first-order chi connectivity index (χ1) is 11.1. The smallest absolute Gasteiger partial charge is 0.246 e. The molecular formula is C18H17BrN2O2. The first-order valence-electron chi connectivity index (χ1n) is 7.48. The van der Waals surface area contributed by atoms with Crippen LogP contribution in [0.1, 0.15) is 11.1 Å². The number of nitrogens with one attached hydrogen (secondary N) is 1. The lowest BCUT2D eigenvalue weighted by atomic mass is 10.0. The van der Waals surface area contributed by atoms with E-state index in [0.29, 0.717) is 13.0 Å². The van der Waals surface area contributed by atoms with Crippen molar-refractivity contribution in [3.8, 4) is 0 Å². The molecule has 0 bridgehead atoms. The number of benzene rings is 2. The monoisotopic (exact) mass is 372 g/mol. The Morgan fingerprint density at radius 2 is 1.70 bits per heavy atom. The molecule has 1 aliphatic rings. The molecule has 2 amide bonds. The predicted molar refractivity (Wildman–Crippen MR) is 91.6 cm³/mol. The van der Waals surface area contributed by atoms with Crippen molar-refractivity contribution in [3.63, 3.8) is 0 Å². The Hall–Kier alpha value is -2.14. The second-order valence-electron chi connectivity index (χ2n) is 5.63. The number of hydrogen-bond donors (Lipinski definition) is 1. The number of nitrogens with zero attached hydrogens (tertiary/aromatic N) is 1. The van der Waals surface area contributed by atoms with E-state index in [4.69, 9.17) is 0 Å². The average molecular weight is 373 g/mol. The molecule has 4 nitrogen and oxygen atoms in total. The van der Waals surface area contributed by atoms with E-state index in [1.54, 1.807) is 4.90 Å². The van der Waals surface area contributed by atoms with Crippen LogP contribution < -0.4 is 5.32 Å². The van der Waals surface area contributed by atoms with Gasteiger partial charge >= 0.3 is 0 Å². The summed E-state index contributed by atoms with van der Waals surface area (Å²) in [5.41, 5.74) is 2.05. The molecule has 0 unspecified atom stereocenters. The normalized spacial score (nSPS) is 18.0. The second-order valence-corrected chi connectivity index (χ2v) is 6.55.